The molecule has 0 fully saturated rings. The average Bonchev–Trinajstić information content (AvgIpc) is 2.43. The highest BCUT2D eigenvalue weighted by Crippen LogP contribution is 2.24. The predicted molar refractivity (Wildman–Crippen MR) is 81.7 cm³/mol. The molecule has 0 atom stereocenters. The zero-order chi connectivity index (χ0) is 15.6. The Bertz CT molecular complexity index is 731. The molecular formula is C14H12ClN3O3. The van der Waals surface area contributed by atoms with Crippen LogP contribution in [0.25, 0.3) is 0 Å². The first-order valence-electron chi connectivity index (χ1n) is 6.00. The number of amides is 1. The van der Waals surface area contributed by atoms with Crippen molar-refractivity contribution in [1.29, 1.82) is 0 Å². The van der Waals surface area contributed by atoms with E-state index in [0.29, 0.717) is 16.3 Å². The van der Waals surface area contributed by atoms with Crippen LogP contribution >= 0.6 is 11.6 Å². The predicted octanol–water partition coefficient (Wildman–Crippen LogP) is 3.39. The van der Waals surface area contributed by atoms with Crippen LogP contribution in [0.2, 0.25) is 5.02 Å². The number of rotatable bonds is 3. The van der Waals surface area contributed by atoms with Gasteiger partial charge >= 0.3 is 0 Å². The molecule has 0 aliphatic rings. The summed E-state index contributed by atoms with van der Waals surface area (Å²) in [5, 5.41) is 13.8. The molecule has 0 saturated heterocycles. The second kappa shape index (κ2) is 5.80. The Kier molecular flexibility index (Phi) is 4.09. The van der Waals surface area contributed by atoms with Crippen LogP contribution in [-0.4, -0.2) is 10.8 Å². The standard InChI is InChI=1S/C14H12ClN3O3/c1-8-2-4-10(7-13(8)18(20)21)17-14(19)11-6-9(15)3-5-12(11)16/h2-7H,16H2,1H3,(H,17,19). The zero-order valence-electron chi connectivity index (χ0n) is 11.1. The summed E-state index contributed by atoms with van der Waals surface area (Å²) < 4.78 is 0. The highest BCUT2D eigenvalue weighted by molar-refractivity contribution is 6.31. The van der Waals surface area contributed by atoms with Crippen molar-refractivity contribution in [2.24, 2.45) is 0 Å². The van der Waals surface area contributed by atoms with Crippen molar-refractivity contribution in [3.63, 3.8) is 0 Å². The topological polar surface area (TPSA) is 98.3 Å². The fraction of sp³-hybridized carbons (Fsp3) is 0.0714. The van der Waals surface area contributed by atoms with E-state index >= 15 is 0 Å². The number of aryl methyl sites for hydroxylation is 1. The Morgan fingerprint density at radius 1 is 1.29 bits per heavy atom. The van der Waals surface area contributed by atoms with E-state index < -0.39 is 10.8 Å². The number of carbonyl (C=O) groups is 1. The molecule has 3 N–H and O–H groups in total. The van der Waals surface area contributed by atoms with Crippen molar-refractivity contribution >= 4 is 34.6 Å². The van der Waals surface area contributed by atoms with Gasteiger partial charge in [-0.3, -0.25) is 14.9 Å². The summed E-state index contributed by atoms with van der Waals surface area (Å²) in [5.74, 6) is -0.479. The molecule has 0 saturated carbocycles. The van der Waals surface area contributed by atoms with Crippen LogP contribution in [0.1, 0.15) is 15.9 Å². The van der Waals surface area contributed by atoms with Gasteiger partial charge in [0.1, 0.15) is 0 Å². The maximum atomic E-state index is 12.1. The first kappa shape index (κ1) is 14.8. The molecule has 7 heteroatoms. The van der Waals surface area contributed by atoms with Gasteiger partial charge in [0.15, 0.2) is 0 Å². The molecule has 2 aromatic rings. The maximum Gasteiger partial charge on any atom is 0.274 e. The van der Waals surface area contributed by atoms with Gasteiger partial charge in [0.2, 0.25) is 0 Å². The molecule has 0 spiro atoms. The molecule has 1 amide bonds. The number of hydrogen-bond acceptors (Lipinski definition) is 4. The number of halogens is 1. The van der Waals surface area contributed by atoms with Crippen LogP contribution in [0.4, 0.5) is 17.1 Å². The third-order valence-electron chi connectivity index (χ3n) is 2.92. The zero-order valence-corrected chi connectivity index (χ0v) is 11.8. The minimum Gasteiger partial charge on any atom is -0.398 e. The fourth-order valence-corrected chi connectivity index (χ4v) is 1.98. The lowest BCUT2D eigenvalue weighted by atomic mass is 10.1. The Labute approximate surface area is 125 Å². The summed E-state index contributed by atoms with van der Waals surface area (Å²) in [4.78, 5) is 22.5. The normalized spacial score (nSPS) is 10.2. The molecule has 0 unspecified atom stereocenters. The second-order valence-corrected chi connectivity index (χ2v) is 4.88. The molecule has 2 aromatic carbocycles. The van der Waals surface area contributed by atoms with Crippen LogP contribution in [0, 0.1) is 17.0 Å². The van der Waals surface area contributed by atoms with E-state index in [1.165, 1.54) is 18.2 Å². The fourth-order valence-electron chi connectivity index (χ4n) is 1.81. The number of nitrogen functional groups attached to an aromatic ring is 1. The lowest BCUT2D eigenvalue weighted by molar-refractivity contribution is -0.385. The Morgan fingerprint density at radius 3 is 2.67 bits per heavy atom. The van der Waals surface area contributed by atoms with Gasteiger partial charge in [0.05, 0.1) is 10.5 Å². The maximum absolute atomic E-state index is 12.1. The van der Waals surface area contributed by atoms with Gasteiger partial charge in [-0.15, -0.1) is 0 Å². The monoisotopic (exact) mass is 305 g/mol. The lowest BCUT2D eigenvalue weighted by Crippen LogP contribution is -2.14. The van der Waals surface area contributed by atoms with Gasteiger partial charge < -0.3 is 11.1 Å². The quantitative estimate of drug-likeness (QED) is 0.516. The number of hydrogen-bond donors (Lipinski definition) is 2. The van der Waals surface area contributed by atoms with Gasteiger partial charge in [-0.05, 0) is 31.2 Å². The molecule has 21 heavy (non-hydrogen) atoms. The molecule has 108 valence electrons. The number of nitrogens with zero attached hydrogens (tertiary/aromatic N) is 1. The summed E-state index contributed by atoms with van der Waals surface area (Å²) in [6.07, 6.45) is 0. The summed E-state index contributed by atoms with van der Waals surface area (Å²) >= 11 is 5.83. The minimum atomic E-state index is -0.501. The van der Waals surface area contributed by atoms with E-state index in [9.17, 15) is 14.9 Å². The van der Waals surface area contributed by atoms with Crippen molar-refractivity contribution in [3.05, 3.63) is 62.7 Å². The van der Waals surface area contributed by atoms with E-state index in [0.717, 1.165) is 0 Å². The number of nitro groups is 1. The van der Waals surface area contributed by atoms with Crippen LogP contribution < -0.4 is 11.1 Å². The first-order chi connectivity index (χ1) is 9.88. The summed E-state index contributed by atoms with van der Waals surface area (Å²) in [6.45, 7) is 1.62. The van der Waals surface area contributed by atoms with Crippen LogP contribution in [0.3, 0.4) is 0 Å². The van der Waals surface area contributed by atoms with Crippen molar-refractivity contribution in [1.82, 2.24) is 0 Å². The molecular weight excluding hydrogens is 294 g/mol. The van der Waals surface area contributed by atoms with Crippen LogP contribution in [-0.2, 0) is 0 Å². The number of benzene rings is 2. The van der Waals surface area contributed by atoms with E-state index in [2.05, 4.69) is 5.32 Å². The summed E-state index contributed by atoms with van der Waals surface area (Å²) in [5.41, 5.74) is 6.98. The SMILES string of the molecule is Cc1ccc(NC(=O)c2cc(Cl)ccc2N)cc1[N+](=O)[O-]. The smallest absolute Gasteiger partial charge is 0.274 e. The van der Waals surface area contributed by atoms with Crippen molar-refractivity contribution in [2.75, 3.05) is 11.1 Å². The van der Waals surface area contributed by atoms with Gasteiger partial charge in [0.25, 0.3) is 11.6 Å². The Morgan fingerprint density at radius 2 is 2.00 bits per heavy atom. The number of carbonyl (C=O) groups excluding carboxylic acids is 1. The number of nitro benzene ring substituents is 1. The van der Waals surface area contributed by atoms with Gasteiger partial charge in [-0.1, -0.05) is 17.7 Å². The van der Waals surface area contributed by atoms with E-state index in [-0.39, 0.29) is 16.9 Å². The van der Waals surface area contributed by atoms with Crippen molar-refractivity contribution in [2.45, 2.75) is 6.92 Å². The van der Waals surface area contributed by atoms with E-state index in [1.807, 2.05) is 0 Å². The number of nitrogens with one attached hydrogen (secondary N) is 1. The second-order valence-electron chi connectivity index (χ2n) is 4.44. The first-order valence-corrected chi connectivity index (χ1v) is 6.37. The number of nitrogens with two attached hydrogens (primary N) is 1. The third kappa shape index (κ3) is 3.29. The van der Waals surface area contributed by atoms with Crippen LogP contribution in [0.5, 0.6) is 0 Å². The molecule has 0 bridgehead atoms. The largest absolute Gasteiger partial charge is 0.398 e. The summed E-state index contributed by atoms with van der Waals surface area (Å²) in [7, 11) is 0. The van der Waals surface area contributed by atoms with Gasteiger partial charge in [-0.25, -0.2) is 0 Å². The van der Waals surface area contributed by atoms with Gasteiger partial charge in [-0.2, -0.15) is 0 Å². The van der Waals surface area contributed by atoms with Crippen molar-refractivity contribution < 1.29 is 9.72 Å². The summed E-state index contributed by atoms with van der Waals surface area (Å²) in [6, 6.07) is 8.98. The van der Waals surface area contributed by atoms with Crippen molar-refractivity contribution in [3.8, 4) is 0 Å². The van der Waals surface area contributed by atoms with Crippen LogP contribution in [0.15, 0.2) is 36.4 Å². The number of anilines is 2. The average molecular weight is 306 g/mol. The molecule has 0 radical (unpaired) electrons. The molecule has 0 aliphatic heterocycles. The highest BCUT2D eigenvalue weighted by atomic mass is 35.5. The molecule has 2 rings (SSSR count). The Hall–Kier alpha value is -2.60. The van der Waals surface area contributed by atoms with E-state index in [4.69, 9.17) is 17.3 Å². The minimum absolute atomic E-state index is 0.0631. The van der Waals surface area contributed by atoms with E-state index in [1.54, 1.807) is 25.1 Å². The molecule has 0 heterocycles. The third-order valence-corrected chi connectivity index (χ3v) is 3.16. The molecule has 0 aliphatic carbocycles. The molecule has 6 nitrogen and oxygen atoms in total. The highest BCUT2D eigenvalue weighted by Gasteiger charge is 2.14. The molecule has 0 aromatic heterocycles. The lowest BCUT2D eigenvalue weighted by Gasteiger charge is -2.08. The Balaban J connectivity index is 2.29. The van der Waals surface area contributed by atoms with Gasteiger partial charge in [0, 0.05) is 28.0 Å².